The molecule has 5 nitrogen and oxygen atoms in total. The molecular formula is C36H30O5. The molecule has 0 N–H and O–H groups in total. The van der Waals surface area contributed by atoms with Crippen LogP contribution in [-0.4, -0.2) is 27.0 Å². The summed E-state index contributed by atoms with van der Waals surface area (Å²) in [6, 6.07) is 40.2. The van der Waals surface area contributed by atoms with Crippen LogP contribution in [0.4, 0.5) is 4.79 Å². The number of hydrogen-bond donors (Lipinski definition) is 0. The number of methoxy groups -OCH3 is 2. The molecule has 0 radical (unpaired) electrons. The van der Waals surface area contributed by atoms with Gasteiger partial charge in [0.25, 0.3) is 0 Å². The second kappa shape index (κ2) is 11.6. The van der Waals surface area contributed by atoms with Gasteiger partial charge in [-0.3, -0.25) is 0 Å². The van der Waals surface area contributed by atoms with Gasteiger partial charge in [0.15, 0.2) is 0 Å². The van der Waals surface area contributed by atoms with Gasteiger partial charge >= 0.3 is 6.16 Å². The van der Waals surface area contributed by atoms with Crippen molar-refractivity contribution in [2.75, 3.05) is 20.8 Å². The molecule has 0 heterocycles. The molecule has 0 saturated heterocycles. The predicted molar refractivity (Wildman–Crippen MR) is 159 cm³/mol. The summed E-state index contributed by atoms with van der Waals surface area (Å²) in [6.07, 6.45) is -0.721. The smallest absolute Gasteiger partial charge is 0.497 e. The normalized spacial score (nSPS) is 12.0. The van der Waals surface area contributed by atoms with Gasteiger partial charge in [-0.15, -0.1) is 0 Å². The molecule has 5 aromatic carbocycles. The first-order valence-electron chi connectivity index (χ1n) is 13.6. The number of ether oxygens (including phenoxy) is 4. The molecule has 1 aliphatic rings. The molecule has 0 aromatic heterocycles. The topological polar surface area (TPSA) is 54.0 Å². The van der Waals surface area contributed by atoms with Crippen molar-refractivity contribution in [2.45, 2.75) is 11.8 Å². The Morgan fingerprint density at radius 1 is 0.585 bits per heavy atom. The SMILES string of the molecule is COc1ccc(C(c2ccc(OC)cc2)c2ccc(OC(=O)OCC3c4ccccc4-c4ccccc43)cc2)cc1. The maximum Gasteiger partial charge on any atom is 0.513 e. The van der Waals surface area contributed by atoms with Crippen LogP contribution in [0.25, 0.3) is 11.1 Å². The van der Waals surface area contributed by atoms with Crippen LogP contribution in [0.15, 0.2) is 121 Å². The Bertz CT molecular complexity index is 1550. The molecule has 0 fully saturated rings. The van der Waals surface area contributed by atoms with Crippen molar-refractivity contribution in [3.63, 3.8) is 0 Å². The molecule has 1 aliphatic carbocycles. The third-order valence-electron chi connectivity index (χ3n) is 7.64. The van der Waals surface area contributed by atoms with Gasteiger partial charge in [-0.1, -0.05) is 84.9 Å². The summed E-state index contributed by atoms with van der Waals surface area (Å²) in [7, 11) is 3.32. The lowest BCUT2D eigenvalue weighted by molar-refractivity contribution is 0.0965. The molecule has 0 aliphatic heterocycles. The first-order chi connectivity index (χ1) is 20.1. The van der Waals surface area contributed by atoms with Crippen LogP contribution in [0.3, 0.4) is 0 Å². The minimum atomic E-state index is -0.721. The Kier molecular flexibility index (Phi) is 7.42. The largest absolute Gasteiger partial charge is 0.513 e. The van der Waals surface area contributed by atoms with Crippen LogP contribution in [0.1, 0.15) is 39.7 Å². The predicted octanol–water partition coefficient (Wildman–Crippen LogP) is 8.21. The average Bonchev–Trinajstić information content (AvgIpc) is 3.35. The van der Waals surface area contributed by atoms with Gasteiger partial charge in [-0.25, -0.2) is 4.79 Å². The number of fused-ring (bicyclic) bond motifs is 3. The van der Waals surface area contributed by atoms with Crippen molar-refractivity contribution < 1.29 is 23.7 Å². The van der Waals surface area contributed by atoms with Crippen LogP contribution in [0, 0.1) is 0 Å². The highest BCUT2D eigenvalue weighted by Crippen LogP contribution is 2.44. The fraction of sp³-hybridized carbons (Fsp3) is 0.139. The Morgan fingerprint density at radius 2 is 1.00 bits per heavy atom. The third kappa shape index (κ3) is 5.39. The lowest BCUT2D eigenvalue weighted by atomic mass is 9.85. The summed E-state index contributed by atoms with van der Waals surface area (Å²) >= 11 is 0. The Labute approximate surface area is 239 Å². The molecule has 5 heteroatoms. The fourth-order valence-corrected chi connectivity index (χ4v) is 5.61. The maximum absolute atomic E-state index is 12.7. The second-order valence-corrected chi connectivity index (χ2v) is 9.94. The van der Waals surface area contributed by atoms with Crippen LogP contribution in [0.5, 0.6) is 17.2 Å². The van der Waals surface area contributed by atoms with Crippen LogP contribution in [-0.2, 0) is 4.74 Å². The Balaban J connectivity index is 1.17. The fourth-order valence-electron chi connectivity index (χ4n) is 5.61. The van der Waals surface area contributed by atoms with Gasteiger partial charge < -0.3 is 18.9 Å². The van der Waals surface area contributed by atoms with Crippen molar-refractivity contribution in [3.05, 3.63) is 149 Å². The van der Waals surface area contributed by atoms with Crippen molar-refractivity contribution >= 4 is 6.16 Å². The first-order valence-corrected chi connectivity index (χ1v) is 13.6. The van der Waals surface area contributed by atoms with Gasteiger partial charge in [-0.2, -0.15) is 0 Å². The monoisotopic (exact) mass is 542 g/mol. The average molecular weight is 543 g/mol. The third-order valence-corrected chi connectivity index (χ3v) is 7.64. The molecule has 0 spiro atoms. The zero-order valence-corrected chi connectivity index (χ0v) is 23.0. The van der Waals surface area contributed by atoms with E-state index >= 15 is 0 Å². The van der Waals surface area contributed by atoms with Crippen LogP contribution < -0.4 is 14.2 Å². The lowest BCUT2D eigenvalue weighted by Crippen LogP contribution is -2.16. The summed E-state index contributed by atoms with van der Waals surface area (Å²) in [5.41, 5.74) is 7.97. The summed E-state index contributed by atoms with van der Waals surface area (Å²) in [4.78, 5) is 12.7. The van der Waals surface area contributed by atoms with E-state index in [1.54, 1.807) is 26.4 Å². The van der Waals surface area contributed by atoms with E-state index in [0.717, 1.165) is 39.3 Å². The molecule has 5 aromatic rings. The van der Waals surface area contributed by atoms with Crippen molar-refractivity contribution in [2.24, 2.45) is 0 Å². The van der Waals surface area contributed by atoms with Crippen LogP contribution >= 0.6 is 0 Å². The lowest BCUT2D eigenvalue weighted by Gasteiger charge is -2.20. The number of carbonyl (C=O) groups excluding carboxylic acids is 1. The highest BCUT2D eigenvalue weighted by molar-refractivity contribution is 5.79. The number of hydrogen-bond acceptors (Lipinski definition) is 5. The van der Waals surface area contributed by atoms with E-state index < -0.39 is 6.16 Å². The summed E-state index contributed by atoms with van der Waals surface area (Å²) in [5, 5.41) is 0. The van der Waals surface area contributed by atoms with Gasteiger partial charge in [0.1, 0.15) is 23.9 Å². The summed E-state index contributed by atoms with van der Waals surface area (Å²) in [6.45, 7) is 0.210. The molecule has 0 atom stereocenters. The number of benzene rings is 5. The highest BCUT2D eigenvalue weighted by atomic mass is 16.7. The van der Waals surface area contributed by atoms with E-state index in [9.17, 15) is 4.79 Å². The van der Waals surface area contributed by atoms with Crippen LogP contribution in [0.2, 0.25) is 0 Å². The van der Waals surface area contributed by atoms with Gasteiger partial charge in [0.05, 0.1) is 14.2 Å². The molecule has 0 saturated carbocycles. The van der Waals surface area contributed by atoms with E-state index in [1.807, 2.05) is 60.7 Å². The van der Waals surface area contributed by atoms with E-state index in [0.29, 0.717) is 5.75 Å². The molecule has 0 amide bonds. The summed E-state index contributed by atoms with van der Waals surface area (Å²) in [5.74, 6) is 1.97. The Hall–Kier alpha value is -5.03. The van der Waals surface area contributed by atoms with E-state index in [4.69, 9.17) is 18.9 Å². The first kappa shape index (κ1) is 26.2. The van der Waals surface area contributed by atoms with E-state index in [2.05, 4.69) is 48.5 Å². The standard InChI is InChI=1S/C36H30O5/c1-38-27-17-11-24(12-18-27)35(25-13-19-28(39-2)20-14-25)26-15-21-29(22-16-26)41-36(37)40-23-34-32-9-5-3-7-30(32)31-8-4-6-10-33(31)34/h3-22,34-35H,23H2,1-2H3. The number of rotatable bonds is 8. The van der Waals surface area contributed by atoms with Gasteiger partial charge in [0, 0.05) is 11.8 Å². The molecule has 0 bridgehead atoms. The molecule has 41 heavy (non-hydrogen) atoms. The van der Waals surface area contributed by atoms with Gasteiger partial charge in [0.2, 0.25) is 0 Å². The van der Waals surface area contributed by atoms with Gasteiger partial charge in [-0.05, 0) is 75.3 Å². The number of carbonyl (C=O) groups is 1. The summed E-state index contributed by atoms with van der Waals surface area (Å²) < 4.78 is 21.9. The van der Waals surface area contributed by atoms with Crippen molar-refractivity contribution in [1.29, 1.82) is 0 Å². The van der Waals surface area contributed by atoms with E-state index in [-0.39, 0.29) is 18.4 Å². The zero-order chi connectivity index (χ0) is 28.2. The van der Waals surface area contributed by atoms with Crippen molar-refractivity contribution in [1.82, 2.24) is 0 Å². The zero-order valence-electron chi connectivity index (χ0n) is 23.0. The highest BCUT2D eigenvalue weighted by Gasteiger charge is 2.29. The second-order valence-electron chi connectivity index (χ2n) is 9.94. The molecular weight excluding hydrogens is 512 g/mol. The minimum Gasteiger partial charge on any atom is -0.497 e. The quantitative estimate of drug-likeness (QED) is 0.112. The maximum atomic E-state index is 12.7. The molecule has 0 unspecified atom stereocenters. The van der Waals surface area contributed by atoms with E-state index in [1.165, 1.54) is 11.1 Å². The Morgan fingerprint density at radius 3 is 1.44 bits per heavy atom. The minimum absolute atomic E-state index is 0.0212. The van der Waals surface area contributed by atoms with Crippen molar-refractivity contribution in [3.8, 4) is 28.4 Å². The molecule has 204 valence electrons. The molecule has 6 rings (SSSR count).